The number of methoxy groups -OCH3 is 1. The Balaban J connectivity index is 2.47. The second kappa shape index (κ2) is 6.59. The van der Waals surface area contributed by atoms with Crippen molar-refractivity contribution in [2.75, 3.05) is 27.3 Å². The molecule has 2 atom stereocenters. The Hall–Kier alpha value is -1.10. The standard InChI is InChI=1S/C12H21NO4/c1-13(7-4-8-17-2)11(14)9-5-3-6-10(9)12(15)16/h9-10H,3-8H2,1-2H3,(H,15,16). The molecule has 0 aromatic carbocycles. The molecule has 0 aromatic heterocycles. The molecule has 1 amide bonds. The highest BCUT2D eigenvalue weighted by Gasteiger charge is 2.38. The molecule has 1 fully saturated rings. The maximum absolute atomic E-state index is 12.1. The van der Waals surface area contributed by atoms with Crippen molar-refractivity contribution in [3.63, 3.8) is 0 Å². The zero-order chi connectivity index (χ0) is 12.8. The molecule has 0 saturated heterocycles. The maximum Gasteiger partial charge on any atom is 0.307 e. The second-order valence-corrected chi connectivity index (χ2v) is 4.59. The van der Waals surface area contributed by atoms with Crippen LogP contribution in [-0.4, -0.2) is 49.2 Å². The van der Waals surface area contributed by atoms with Gasteiger partial charge in [0.15, 0.2) is 0 Å². The normalized spacial score (nSPS) is 23.6. The third-order valence-electron chi connectivity index (χ3n) is 3.37. The summed E-state index contributed by atoms with van der Waals surface area (Å²) in [5, 5.41) is 9.04. The summed E-state index contributed by atoms with van der Waals surface area (Å²) in [7, 11) is 3.36. The van der Waals surface area contributed by atoms with Gasteiger partial charge in [0, 0.05) is 27.3 Å². The van der Waals surface area contributed by atoms with Gasteiger partial charge in [-0.1, -0.05) is 6.42 Å². The smallest absolute Gasteiger partial charge is 0.307 e. The fourth-order valence-electron chi connectivity index (χ4n) is 2.39. The number of carboxylic acid groups (broad SMARTS) is 1. The number of carbonyl (C=O) groups is 2. The molecule has 0 bridgehead atoms. The average Bonchev–Trinajstić information content (AvgIpc) is 2.77. The Morgan fingerprint density at radius 1 is 1.35 bits per heavy atom. The van der Waals surface area contributed by atoms with Gasteiger partial charge in [-0.05, 0) is 19.3 Å². The van der Waals surface area contributed by atoms with Crippen LogP contribution in [0.1, 0.15) is 25.7 Å². The minimum atomic E-state index is -0.842. The van der Waals surface area contributed by atoms with E-state index in [1.165, 1.54) is 0 Å². The molecule has 1 aliphatic rings. The first kappa shape index (κ1) is 14.0. The predicted molar refractivity (Wildman–Crippen MR) is 62.6 cm³/mol. The Kier molecular flexibility index (Phi) is 5.41. The monoisotopic (exact) mass is 243 g/mol. The van der Waals surface area contributed by atoms with Crippen molar-refractivity contribution >= 4 is 11.9 Å². The maximum atomic E-state index is 12.1. The second-order valence-electron chi connectivity index (χ2n) is 4.59. The Morgan fingerprint density at radius 2 is 2.00 bits per heavy atom. The summed E-state index contributed by atoms with van der Waals surface area (Å²) in [5.41, 5.74) is 0. The predicted octanol–water partition coefficient (Wildman–Crippen LogP) is 0.982. The fraction of sp³-hybridized carbons (Fsp3) is 0.833. The van der Waals surface area contributed by atoms with Crippen molar-refractivity contribution in [3.05, 3.63) is 0 Å². The summed E-state index contributed by atoms with van der Waals surface area (Å²) in [6.45, 7) is 1.24. The lowest BCUT2D eigenvalue weighted by atomic mass is 9.95. The molecule has 5 heteroatoms. The first-order chi connectivity index (χ1) is 8.07. The molecule has 0 heterocycles. The van der Waals surface area contributed by atoms with Crippen LogP contribution in [-0.2, 0) is 14.3 Å². The van der Waals surface area contributed by atoms with Crippen molar-refractivity contribution in [2.24, 2.45) is 11.8 Å². The summed E-state index contributed by atoms with van der Waals surface area (Å²) >= 11 is 0. The van der Waals surface area contributed by atoms with Crippen LogP contribution < -0.4 is 0 Å². The van der Waals surface area contributed by atoms with Crippen molar-refractivity contribution in [1.82, 2.24) is 4.90 Å². The van der Waals surface area contributed by atoms with Gasteiger partial charge in [-0.15, -0.1) is 0 Å². The molecule has 1 aliphatic carbocycles. The first-order valence-electron chi connectivity index (χ1n) is 6.04. The number of hydrogen-bond acceptors (Lipinski definition) is 3. The van der Waals surface area contributed by atoms with Gasteiger partial charge in [-0.2, -0.15) is 0 Å². The summed E-state index contributed by atoms with van der Waals surface area (Å²) in [5.74, 6) is -1.70. The largest absolute Gasteiger partial charge is 0.481 e. The van der Waals surface area contributed by atoms with Crippen molar-refractivity contribution < 1.29 is 19.4 Å². The SMILES string of the molecule is COCCCN(C)C(=O)C1CCCC1C(=O)O. The third-order valence-corrected chi connectivity index (χ3v) is 3.37. The van der Waals surface area contributed by atoms with E-state index in [1.54, 1.807) is 19.1 Å². The average molecular weight is 243 g/mol. The van der Waals surface area contributed by atoms with Gasteiger partial charge in [0.05, 0.1) is 11.8 Å². The minimum Gasteiger partial charge on any atom is -0.481 e. The van der Waals surface area contributed by atoms with Crippen LogP contribution in [0.3, 0.4) is 0 Å². The summed E-state index contributed by atoms with van der Waals surface area (Å²) < 4.78 is 4.92. The third kappa shape index (κ3) is 3.70. The molecule has 17 heavy (non-hydrogen) atoms. The van der Waals surface area contributed by atoms with Crippen LogP contribution >= 0.6 is 0 Å². The molecule has 5 nitrogen and oxygen atoms in total. The molecule has 0 spiro atoms. The zero-order valence-corrected chi connectivity index (χ0v) is 10.5. The molecule has 1 N–H and O–H groups in total. The fourth-order valence-corrected chi connectivity index (χ4v) is 2.39. The number of rotatable bonds is 6. The van der Waals surface area contributed by atoms with Crippen LogP contribution in [0.2, 0.25) is 0 Å². The molecular formula is C12H21NO4. The Labute approximate surface area is 102 Å². The van der Waals surface area contributed by atoms with Gasteiger partial charge in [0.25, 0.3) is 0 Å². The topological polar surface area (TPSA) is 66.8 Å². The highest BCUT2D eigenvalue weighted by atomic mass is 16.5. The van der Waals surface area contributed by atoms with Crippen molar-refractivity contribution in [3.8, 4) is 0 Å². The highest BCUT2D eigenvalue weighted by Crippen LogP contribution is 2.33. The number of aliphatic carboxylic acids is 1. The molecule has 0 radical (unpaired) electrons. The highest BCUT2D eigenvalue weighted by molar-refractivity contribution is 5.85. The Bertz CT molecular complexity index is 280. The Morgan fingerprint density at radius 3 is 2.59 bits per heavy atom. The van der Waals surface area contributed by atoms with E-state index < -0.39 is 11.9 Å². The van der Waals surface area contributed by atoms with Gasteiger partial charge in [-0.25, -0.2) is 0 Å². The molecular weight excluding hydrogens is 222 g/mol. The molecule has 0 aliphatic heterocycles. The number of amides is 1. The van der Waals surface area contributed by atoms with Gasteiger partial charge < -0.3 is 14.7 Å². The number of hydrogen-bond donors (Lipinski definition) is 1. The van der Waals surface area contributed by atoms with Crippen LogP contribution in [0.15, 0.2) is 0 Å². The van der Waals surface area contributed by atoms with E-state index in [9.17, 15) is 9.59 Å². The van der Waals surface area contributed by atoms with Crippen LogP contribution in [0.4, 0.5) is 0 Å². The van der Waals surface area contributed by atoms with Gasteiger partial charge in [0.1, 0.15) is 0 Å². The van der Waals surface area contributed by atoms with Gasteiger partial charge >= 0.3 is 5.97 Å². The van der Waals surface area contributed by atoms with Crippen LogP contribution in [0, 0.1) is 11.8 Å². The van der Waals surface area contributed by atoms with E-state index in [0.29, 0.717) is 26.0 Å². The van der Waals surface area contributed by atoms with Crippen molar-refractivity contribution in [2.45, 2.75) is 25.7 Å². The lowest BCUT2D eigenvalue weighted by Gasteiger charge is -2.23. The van der Waals surface area contributed by atoms with Gasteiger partial charge in [-0.3, -0.25) is 9.59 Å². The quantitative estimate of drug-likeness (QED) is 0.706. The van der Waals surface area contributed by atoms with E-state index in [1.807, 2.05) is 0 Å². The summed E-state index contributed by atoms with van der Waals surface area (Å²) in [6.07, 6.45) is 2.94. The number of carboxylic acids is 1. The lowest BCUT2D eigenvalue weighted by Crippen LogP contribution is -2.37. The molecule has 98 valence electrons. The minimum absolute atomic E-state index is 0.0361. The summed E-state index contributed by atoms with van der Waals surface area (Å²) in [4.78, 5) is 24.7. The molecule has 1 rings (SSSR count). The molecule has 0 aromatic rings. The van der Waals surface area contributed by atoms with Gasteiger partial charge in [0.2, 0.25) is 5.91 Å². The van der Waals surface area contributed by atoms with E-state index >= 15 is 0 Å². The lowest BCUT2D eigenvalue weighted by molar-refractivity contribution is -0.148. The first-order valence-corrected chi connectivity index (χ1v) is 6.04. The zero-order valence-electron chi connectivity index (χ0n) is 10.5. The number of ether oxygens (including phenoxy) is 1. The number of carbonyl (C=O) groups excluding carboxylic acids is 1. The summed E-state index contributed by atoms with van der Waals surface area (Å²) in [6, 6.07) is 0. The molecule has 1 saturated carbocycles. The van der Waals surface area contributed by atoms with Crippen molar-refractivity contribution in [1.29, 1.82) is 0 Å². The van der Waals surface area contributed by atoms with Crippen LogP contribution in [0.25, 0.3) is 0 Å². The van der Waals surface area contributed by atoms with E-state index in [0.717, 1.165) is 12.8 Å². The number of nitrogens with zero attached hydrogens (tertiary/aromatic N) is 1. The van der Waals surface area contributed by atoms with E-state index in [2.05, 4.69) is 0 Å². The molecule has 2 unspecified atom stereocenters. The van der Waals surface area contributed by atoms with E-state index in [4.69, 9.17) is 9.84 Å². The van der Waals surface area contributed by atoms with E-state index in [-0.39, 0.29) is 11.8 Å². The van der Waals surface area contributed by atoms with Crippen LogP contribution in [0.5, 0.6) is 0 Å².